The van der Waals surface area contributed by atoms with Crippen molar-refractivity contribution in [2.24, 2.45) is 0 Å². The maximum absolute atomic E-state index is 12.0. The van der Waals surface area contributed by atoms with Crippen LogP contribution in [0.25, 0.3) is 0 Å². The molecule has 0 spiro atoms. The number of likely N-dealkylation sites (N-methyl/N-ethyl adjacent to an activating group) is 1. The molecule has 0 unspecified atom stereocenters. The van der Waals surface area contributed by atoms with Gasteiger partial charge in [-0.1, -0.05) is 6.07 Å². The number of carbonyl (C=O) groups excluding carboxylic acids is 2. The number of nitrogens with zero attached hydrogens (tertiary/aromatic N) is 1. The molecule has 2 N–H and O–H groups in total. The minimum atomic E-state index is -3.69. The van der Waals surface area contributed by atoms with Gasteiger partial charge in [0.1, 0.15) is 4.21 Å². The number of ether oxygens (including phenoxy) is 1. The molecule has 1 heterocycles. The highest BCUT2D eigenvalue weighted by molar-refractivity contribution is 7.91. The molecule has 8 nitrogen and oxygen atoms in total. The summed E-state index contributed by atoms with van der Waals surface area (Å²) in [7, 11) is -2.42. The van der Waals surface area contributed by atoms with Crippen LogP contribution in [0, 0.1) is 0 Å². The molecule has 0 aliphatic carbocycles. The quantitative estimate of drug-likeness (QED) is 0.751. The van der Waals surface area contributed by atoms with Gasteiger partial charge in [0, 0.05) is 7.05 Å². The summed E-state index contributed by atoms with van der Waals surface area (Å²) in [6.45, 7) is 1.35. The third-order valence-corrected chi connectivity index (χ3v) is 5.28. The van der Waals surface area contributed by atoms with Crippen LogP contribution in [0.1, 0.15) is 6.92 Å². The zero-order chi connectivity index (χ0) is 15.2. The fourth-order valence-corrected chi connectivity index (χ4v) is 3.51. The Morgan fingerprint density at radius 3 is 2.65 bits per heavy atom. The molecule has 0 saturated carbocycles. The molecule has 0 aromatic carbocycles. The fourth-order valence-electron chi connectivity index (χ4n) is 1.18. The Morgan fingerprint density at radius 2 is 2.10 bits per heavy atom. The van der Waals surface area contributed by atoms with Crippen LogP contribution in [0.3, 0.4) is 0 Å². The molecule has 20 heavy (non-hydrogen) atoms. The van der Waals surface area contributed by atoms with Gasteiger partial charge in [-0.25, -0.2) is 18.6 Å². The Hall–Kier alpha value is -1.65. The van der Waals surface area contributed by atoms with Gasteiger partial charge in [-0.05, 0) is 18.4 Å². The number of amides is 2. The monoisotopic (exact) mass is 321 g/mol. The van der Waals surface area contributed by atoms with Crippen molar-refractivity contribution in [1.82, 2.24) is 15.2 Å². The van der Waals surface area contributed by atoms with E-state index < -0.39 is 28.6 Å². The molecule has 1 aromatic heterocycles. The van der Waals surface area contributed by atoms with E-state index in [0.29, 0.717) is 0 Å². The van der Waals surface area contributed by atoms with Gasteiger partial charge >= 0.3 is 6.09 Å². The lowest BCUT2D eigenvalue weighted by Gasteiger charge is -2.15. The van der Waals surface area contributed by atoms with E-state index in [9.17, 15) is 18.0 Å². The first-order chi connectivity index (χ1) is 9.37. The minimum Gasteiger partial charge on any atom is -0.449 e. The van der Waals surface area contributed by atoms with Crippen LogP contribution < -0.4 is 10.9 Å². The van der Waals surface area contributed by atoms with Crippen LogP contribution in [-0.2, 0) is 19.6 Å². The highest BCUT2D eigenvalue weighted by Crippen LogP contribution is 2.19. The van der Waals surface area contributed by atoms with E-state index in [-0.39, 0.29) is 10.8 Å². The zero-order valence-electron chi connectivity index (χ0n) is 11.0. The molecular formula is C10H15N3O5S2. The normalized spacial score (nSPS) is 11.2. The SMILES string of the molecule is CCOC(=O)NNC(=O)CN(C)S(=O)(=O)c1cccs1. The lowest BCUT2D eigenvalue weighted by atomic mass is 10.6. The molecule has 0 atom stereocenters. The van der Waals surface area contributed by atoms with Crippen LogP contribution in [0.4, 0.5) is 4.79 Å². The first-order valence-electron chi connectivity index (χ1n) is 5.59. The maximum atomic E-state index is 12.0. The van der Waals surface area contributed by atoms with Gasteiger partial charge in [-0.3, -0.25) is 10.2 Å². The standard InChI is InChI=1S/C10H15N3O5S2/c1-3-18-10(15)12-11-8(14)7-13(2)20(16,17)9-5-4-6-19-9/h4-6H,3,7H2,1-2H3,(H,11,14)(H,12,15). The number of sulfonamides is 1. The fraction of sp³-hybridized carbons (Fsp3) is 0.400. The Kier molecular flexibility index (Phi) is 5.92. The number of thiophene rings is 1. The summed E-state index contributed by atoms with van der Waals surface area (Å²) in [4.78, 5) is 22.4. The zero-order valence-corrected chi connectivity index (χ0v) is 12.6. The van der Waals surface area contributed by atoms with Gasteiger partial charge in [-0.2, -0.15) is 4.31 Å². The van der Waals surface area contributed by atoms with E-state index in [4.69, 9.17) is 0 Å². The van der Waals surface area contributed by atoms with Gasteiger partial charge in [-0.15, -0.1) is 11.3 Å². The molecule has 10 heteroatoms. The molecule has 0 radical (unpaired) electrons. The van der Waals surface area contributed by atoms with Crippen molar-refractivity contribution in [2.75, 3.05) is 20.2 Å². The molecule has 1 aromatic rings. The van der Waals surface area contributed by atoms with E-state index in [2.05, 4.69) is 4.74 Å². The summed E-state index contributed by atoms with van der Waals surface area (Å²) in [5.41, 5.74) is 4.04. The van der Waals surface area contributed by atoms with Crippen LogP contribution in [-0.4, -0.2) is 44.9 Å². The minimum absolute atomic E-state index is 0.145. The Labute approximate surface area is 120 Å². The molecule has 0 bridgehead atoms. The second kappa shape index (κ2) is 7.22. The van der Waals surface area contributed by atoms with Crippen molar-refractivity contribution in [2.45, 2.75) is 11.1 Å². The van der Waals surface area contributed by atoms with Crippen LogP contribution in [0.2, 0.25) is 0 Å². The predicted octanol–water partition coefficient (Wildman–Crippen LogP) is 0.146. The second-order valence-corrected chi connectivity index (χ2v) is 6.81. The van der Waals surface area contributed by atoms with Gasteiger partial charge in [0.05, 0.1) is 13.2 Å². The molecule has 0 fully saturated rings. The molecule has 0 saturated heterocycles. The van der Waals surface area contributed by atoms with Crippen molar-refractivity contribution >= 4 is 33.4 Å². The lowest BCUT2D eigenvalue weighted by Crippen LogP contribution is -2.46. The lowest BCUT2D eigenvalue weighted by molar-refractivity contribution is -0.122. The van der Waals surface area contributed by atoms with E-state index in [1.165, 1.54) is 13.1 Å². The first-order valence-corrected chi connectivity index (χ1v) is 7.91. The van der Waals surface area contributed by atoms with Crippen LogP contribution in [0.15, 0.2) is 21.7 Å². The summed E-state index contributed by atoms with van der Waals surface area (Å²) in [5, 5.41) is 1.63. The Balaban J connectivity index is 2.52. The number of hydrogen-bond acceptors (Lipinski definition) is 6. The Morgan fingerprint density at radius 1 is 1.40 bits per heavy atom. The van der Waals surface area contributed by atoms with Gasteiger partial charge in [0.25, 0.3) is 15.9 Å². The number of carbonyl (C=O) groups is 2. The first kappa shape index (κ1) is 16.4. The predicted molar refractivity (Wildman–Crippen MR) is 72.4 cm³/mol. The van der Waals surface area contributed by atoms with Crippen molar-refractivity contribution in [3.05, 3.63) is 17.5 Å². The number of hydrazine groups is 1. The van der Waals surface area contributed by atoms with Gasteiger partial charge < -0.3 is 4.74 Å². The summed E-state index contributed by atoms with van der Waals surface area (Å²) < 4.78 is 29.6. The van der Waals surface area contributed by atoms with Gasteiger partial charge in [0.2, 0.25) is 0 Å². The molecular weight excluding hydrogens is 306 g/mol. The molecule has 1 rings (SSSR count). The number of rotatable bonds is 5. The Bertz CT molecular complexity index is 555. The molecule has 2 amide bonds. The van der Waals surface area contributed by atoms with Crippen molar-refractivity contribution in [3.63, 3.8) is 0 Å². The maximum Gasteiger partial charge on any atom is 0.426 e. The highest BCUT2D eigenvalue weighted by atomic mass is 32.2. The van der Waals surface area contributed by atoms with Crippen molar-refractivity contribution in [1.29, 1.82) is 0 Å². The largest absolute Gasteiger partial charge is 0.449 e. The molecule has 0 aliphatic heterocycles. The number of hydrogen-bond donors (Lipinski definition) is 2. The summed E-state index contributed by atoms with van der Waals surface area (Å²) >= 11 is 1.06. The van der Waals surface area contributed by atoms with Crippen LogP contribution in [0.5, 0.6) is 0 Å². The van der Waals surface area contributed by atoms with Crippen molar-refractivity contribution in [3.8, 4) is 0 Å². The summed E-state index contributed by atoms with van der Waals surface area (Å²) in [6.07, 6.45) is -0.815. The third-order valence-electron chi connectivity index (χ3n) is 2.11. The van der Waals surface area contributed by atoms with E-state index in [1.807, 2.05) is 10.9 Å². The second-order valence-electron chi connectivity index (χ2n) is 3.59. The summed E-state index contributed by atoms with van der Waals surface area (Å²) in [6, 6.07) is 3.05. The smallest absolute Gasteiger partial charge is 0.426 e. The highest BCUT2D eigenvalue weighted by Gasteiger charge is 2.23. The van der Waals surface area contributed by atoms with E-state index in [0.717, 1.165) is 15.6 Å². The third kappa shape index (κ3) is 4.47. The van der Waals surface area contributed by atoms with E-state index in [1.54, 1.807) is 18.4 Å². The van der Waals surface area contributed by atoms with E-state index >= 15 is 0 Å². The average Bonchev–Trinajstić information content (AvgIpc) is 2.91. The van der Waals surface area contributed by atoms with Gasteiger partial charge in [0.15, 0.2) is 0 Å². The molecule has 0 aliphatic rings. The average molecular weight is 321 g/mol. The molecule has 112 valence electrons. The van der Waals surface area contributed by atoms with Crippen LogP contribution >= 0.6 is 11.3 Å². The number of nitrogens with one attached hydrogen (secondary N) is 2. The summed E-state index contributed by atoms with van der Waals surface area (Å²) in [5.74, 6) is -0.680. The topological polar surface area (TPSA) is 105 Å². The van der Waals surface area contributed by atoms with Crippen molar-refractivity contribution < 1.29 is 22.7 Å².